The second-order valence-corrected chi connectivity index (χ2v) is 9.86. The Kier molecular flexibility index (Phi) is 5.27. The second kappa shape index (κ2) is 7.08. The Morgan fingerprint density at radius 1 is 1.41 bits per heavy atom. The largest absolute Gasteiger partial charge is 0.394 e. The van der Waals surface area contributed by atoms with Gasteiger partial charge in [-0.2, -0.15) is 4.98 Å². The van der Waals surface area contributed by atoms with Gasteiger partial charge in [0.1, 0.15) is 12.3 Å². The normalized spacial score (nSPS) is 25.7. The van der Waals surface area contributed by atoms with Crippen LogP contribution in [0, 0.1) is 0 Å². The fraction of sp³-hybridized carbons (Fsp3) is 0.545. The van der Waals surface area contributed by atoms with E-state index in [-0.39, 0.29) is 23.5 Å². The van der Waals surface area contributed by atoms with Gasteiger partial charge < -0.3 is 34.8 Å². The number of fused-ring (bicyclic) bond motifs is 1. The summed E-state index contributed by atoms with van der Waals surface area (Å²) >= 11 is 0. The third-order valence-corrected chi connectivity index (χ3v) is 7.29. The van der Waals surface area contributed by atoms with Crippen molar-refractivity contribution in [3.05, 3.63) is 16.7 Å². The molecule has 1 fully saturated rings. The lowest BCUT2D eigenvalue weighted by atomic mass is 10.2. The molecule has 0 amide bonds. The van der Waals surface area contributed by atoms with E-state index in [1.54, 1.807) is 0 Å². The van der Waals surface area contributed by atoms with Crippen molar-refractivity contribution in [2.75, 3.05) is 18.2 Å². The first-order valence-corrected chi connectivity index (χ1v) is 11.1. The van der Waals surface area contributed by atoms with Gasteiger partial charge in [0.25, 0.3) is 5.56 Å². The Labute approximate surface area is 150 Å². The number of hydrogen-bond acceptors (Lipinski definition) is 9. The molecule has 1 aliphatic rings. The zero-order chi connectivity index (χ0) is 20.0. The summed E-state index contributed by atoms with van der Waals surface area (Å²) in [6.07, 6.45) is -1.89. The molecule has 2 aromatic rings. The van der Waals surface area contributed by atoms with Gasteiger partial charge in [-0.15, -0.1) is 0 Å². The van der Waals surface area contributed by atoms with Crippen molar-refractivity contribution in [3.8, 4) is 0 Å². The van der Waals surface area contributed by atoms with Gasteiger partial charge in [-0.05, 0) is 0 Å². The predicted molar refractivity (Wildman–Crippen MR) is 89.8 cm³/mol. The molecule has 150 valence electrons. The average molecular weight is 425 g/mol. The van der Waals surface area contributed by atoms with Crippen LogP contribution < -0.4 is 11.3 Å². The Balaban J connectivity index is 1.86. The van der Waals surface area contributed by atoms with Crippen molar-refractivity contribution < 1.29 is 38.2 Å². The van der Waals surface area contributed by atoms with Crippen LogP contribution in [0.4, 0.5) is 5.95 Å². The molecule has 7 N–H and O–H groups in total. The van der Waals surface area contributed by atoms with E-state index in [0.717, 1.165) is 0 Å². The second-order valence-electron chi connectivity index (χ2n) is 5.91. The minimum absolute atomic E-state index is 0.00736. The molecule has 2 aromatic heterocycles. The Hall–Kier alpha value is -1.63. The lowest BCUT2D eigenvalue weighted by molar-refractivity contribution is -0.0402. The van der Waals surface area contributed by atoms with Crippen LogP contribution in [0.15, 0.2) is 11.1 Å². The van der Waals surface area contributed by atoms with Crippen molar-refractivity contribution in [1.82, 2.24) is 19.5 Å². The Morgan fingerprint density at radius 2 is 2.11 bits per heavy atom. The van der Waals surface area contributed by atoms with Crippen LogP contribution in [0.2, 0.25) is 0 Å². The highest BCUT2D eigenvalue weighted by Crippen LogP contribution is 2.57. The minimum atomic E-state index is -4.80. The van der Waals surface area contributed by atoms with E-state index in [2.05, 4.69) is 15.0 Å². The molecule has 0 aromatic carbocycles. The highest BCUT2D eigenvalue weighted by atomic mass is 31.2. The predicted octanol–water partition coefficient (Wildman–Crippen LogP) is -1.31. The lowest BCUT2D eigenvalue weighted by Crippen LogP contribution is -2.27. The molecule has 0 saturated carbocycles. The number of nitrogen functional groups attached to an aromatic ring is 1. The number of aromatic nitrogens is 4. The SMILES string of the molecule is Nc1nc2c(ncn2[C@H]2C[C@H](OP(=O)(O)CP(=O)(O)O)[C@@H](CO)O2)c(=O)[nH]1. The van der Waals surface area contributed by atoms with Gasteiger partial charge in [0, 0.05) is 6.42 Å². The number of H-pyrrole nitrogens is 1. The van der Waals surface area contributed by atoms with Gasteiger partial charge in [-0.1, -0.05) is 0 Å². The third-order valence-electron chi connectivity index (χ3n) is 3.78. The van der Waals surface area contributed by atoms with Crippen molar-refractivity contribution >= 4 is 32.3 Å². The number of anilines is 1. The van der Waals surface area contributed by atoms with E-state index < -0.39 is 51.7 Å². The lowest BCUT2D eigenvalue weighted by Gasteiger charge is -2.20. The summed E-state index contributed by atoms with van der Waals surface area (Å²) in [5.74, 6) is -1.51. The Bertz CT molecular complexity index is 1000. The quantitative estimate of drug-likeness (QED) is 0.297. The highest BCUT2D eigenvalue weighted by Gasteiger charge is 2.43. The summed E-state index contributed by atoms with van der Waals surface area (Å²) in [4.78, 5) is 49.5. The molecule has 27 heavy (non-hydrogen) atoms. The first-order valence-electron chi connectivity index (χ1n) is 7.52. The molecule has 0 spiro atoms. The number of imidazole rings is 1. The smallest absolute Gasteiger partial charge is 0.340 e. The number of nitrogens with one attached hydrogen (secondary N) is 1. The maximum absolute atomic E-state index is 12.0. The van der Waals surface area contributed by atoms with Crippen LogP contribution in [0.25, 0.3) is 11.2 Å². The average Bonchev–Trinajstić information content (AvgIpc) is 3.07. The summed E-state index contributed by atoms with van der Waals surface area (Å²) in [6, 6.07) is 0. The molecule has 14 nitrogen and oxygen atoms in total. The zero-order valence-electron chi connectivity index (χ0n) is 13.6. The fourth-order valence-electron chi connectivity index (χ4n) is 2.78. The van der Waals surface area contributed by atoms with Crippen molar-refractivity contribution in [2.45, 2.75) is 24.9 Å². The first-order chi connectivity index (χ1) is 12.5. The van der Waals surface area contributed by atoms with Crippen LogP contribution in [-0.2, 0) is 18.4 Å². The number of ether oxygens (including phenoxy) is 1. The number of nitrogens with two attached hydrogens (primary N) is 1. The molecule has 3 rings (SSSR count). The number of nitrogens with zero attached hydrogens (tertiary/aromatic N) is 3. The summed E-state index contributed by atoms with van der Waals surface area (Å²) in [6.45, 7) is -0.583. The van der Waals surface area contributed by atoms with Gasteiger partial charge in [-0.3, -0.25) is 23.5 Å². The molecule has 1 unspecified atom stereocenters. The molecule has 0 radical (unpaired) electrons. The van der Waals surface area contributed by atoms with E-state index >= 15 is 0 Å². The maximum atomic E-state index is 12.0. The summed E-state index contributed by atoms with van der Waals surface area (Å²) in [7, 11) is -9.45. The topological polar surface area (TPSA) is 223 Å². The minimum Gasteiger partial charge on any atom is -0.394 e. The number of hydrogen-bond donors (Lipinski definition) is 6. The van der Waals surface area contributed by atoms with Gasteiger partial charge in [0.2, 0.25) is 5.95 Å². The molecule has 3 heterocycles. The van der Waals surface area contributed by atoms with Gasteiger partial charge >= 0.3 is 15.2 Å². The third kappa shape index (κ3) is 4.45. The van der Waals surface area contributed by atoms with Crippen LogP contribution in [-0.4, -0.2) is 64.0 Å². The van der Waals surface area contributed by atoms with Gasteiger partial charge in [0.15, 0.2) is 17.1 Å². The van der Waals surface area contributed by atoms with Gasteiger partial charge in [-0.25, -0.2) is 4.98 Å². The van der Waals surface area contributed by atoms with E-state index in [0.29, 0.717) is 0 Å². The number of aromatic amines is 1. The van der Waals surface area contributed by atoms with Crippen LogP contribution >= 0.6 is 15.2 Å². The molecule has 16 heteroatoms. The van der Waals surface area contributed by atoms with Crippen molar-refractivity contribution in [3.63, 3.8) is 0 Å². The van der Waals surface area contributed by atoms with E-state index in [1.807, 2.05) is 0 Å². The molecular weight excluding hydrogens is 408 g/mol. The van der Waals surface area contributed by atoms with Crippen molar-refractivity contribution in [2.24, 2.45) is 0 Å². The molecule has 0 aliphatic carbocycles. The number of rotatable bonds is 6. The van der Waals surface area contributed by atoms with Crippen LogP contribution in [0.5, 0.6) is 0 Å². The monoisotopic (exact) mass is 425 g/mol. The molecule has 0 bridgehead atoms. The molecule has 1 aliphatic heterocycles. The summed E-state index contributed by atoms with van der Waals surface area (Å²) in [5.41, 5.74) is 5.04. The Morgan fingerprint density at radius 3 is 2.74 bits per heavy atom. The number of aliphatic hydroxyl groups is 1. The van der Waals surface area contributed by atoms with Crippen molar-refractivity contribution in [1.29, 1.82) is 0 Å². The van der Waals surface area contributed by atoms with E-state index in [9.17, 15) is 23.9 Å². The highest BCUT2D eigenvalue weighted by molar-refractivity contribution is 7.70. The standard InChI is InChI=1S/C11H17N5O9P2/c12-11-14-9-8(10(18)15-11)13-3-16(9)7-1-5(6(2-17)24-7)25-27(22,23)4-26(19,20)21/h3,5-7,17H,1-2,4H2,(H,22,23)(H2,19,20,21)(H3,12,14,15,18)/t5-,6+,7+/m0/s1. The summed E-state index contributed by atoms with van der Waals surface area (Å²) in [5, 5.41) is 9.44. The molecule has 4 atom stereocenters. The van der Waals surface area contributed by atoms with Crippen LogP contribution in [0.1, 0.15) is 12.6 Å². The molecular formula is C11H17N5O9P2. The number of aliphatic hydroxyl groups excluding tert-OH is 1. The van der Waals surface area contributed by atoms with E-state index in [1.165, 1.54) is 10.9 Å². The van der Waals surface area contributed by atoms with Gasteiger partial charge in [0.05, 0.1) is 19.0 Å². The maximum Gasteiger partial charge on any atom is 0.340 e. The van der Waals surface area contributed by atoms with E-state index in [4.69, 9.17) is 24.8 Å². The van der Waals surface area contributed by atoms with Crippen LogP contribution in [0.3, 0.4) is 0 Å². The zero-order valence-corrected chi connectivity index (χ0v) is 15.4. The first kappa shape index (κ1) is 20.1. The molecule has 1 saturated heterocycles. The summed E-state index contributed by atoms with van der Waals surface area (Å²) < 4.78 is 34.8. The fourth-order valence-corrected chi connectivity index (χ4v) is 5.55.